The lowest BCUT2D eigenvalue weighted by molar-refractivity contribution is -0.163. The highest BCUT2D eigenvalue weighted by molar-refractivity contribution is 5.78. The lowest BCUT2D eigenvalue weighted by Gasteiger charge is -2.36. The molecule has 1 heterocycles. The maximum absolute atomic E-state index is 14.8. The van der Waals surface area contributed by atoms with Gasteiger partial charge >= 0.3 is 12.0 Å². The Kier molecular flexibility index (Phi) is 4.68. The third-order valence-electron chi connectivity index (χ3n) is 3.76. The first-order valence-corrected chi connectivity index (χ1v) is 6.95. The van der Waals surface area contributed by atoms with Gasteiger partial charge in [-0.15, -0.1) is 0 Å². The summed E-state index contributed by atoms with van der Waals surface area (Å²) in [5.74, 6) is -1.18. The van der Waals surface area contributed by atoms with E-state index in [1.165, 1.54) is 20.3 Å². The van der Waals surface area contributed by atoms with Crippen LogP contribution < -0.4 is 14.2 Å². The number of hydrogen-bond donors (Lipinski definition) is 1. The van der Waals surface area contributed by atoms with Crippen LogP contribution in [0, 0.1) is 5.92 Å². The largest absolute Gasteiger partial charge is 0.481 e. The summed E-state index contributed by atoms with van der Waals surface area (Å²) in [7, 11) is 2.81. The van der Waals surface area contributed by atoms with Crippen molar-refractivity contribution in [3.8, 4) is 17.8 Å². The van der Waals surface area contributed by atoms with Crippen molar-refractivity contribution in [3.05, 3.63) is 6.07 Å². The zero-order chi connectivity index (χ0) is 16.3. The molecule has 122 valence electrons. The highest BCUT2D eigenvalue weighted by atomic mass is 19.1. The highest BCUT2D eigenvalue weighted by Crippen LogP contribution is 2.38. The van der Waals surface area contributed by atoms with Crippen LogP contribution in [0.4, 0.5) is 4.39 Å². The van der Waals surface area contributed by atoms with E-state index >= 15 is 0 Å². The molecule has 1 aromatic rings. The van der Waals surface area contributed by atoms with E-state index in [0.717, 1.165) is 0 Å². The summed E-state index contributed by atoms with van der Waals surface area (Å²) >= 11 is 0. The SMILES string of the molecule is COc1cc(OC)nc(OC2CCC(C)CC2(F)C(=O)O)n1. The Bertz CT molecular complexity index is 534. The Hall–Kier alpha value is -2.12. The Morgan fingerprint density at radius 1 is 1.32 bits per heavy atom. The minimum absolute atomic E-state index is 0.0262. The first-order chi connectivity index (χ1) is 10.4. The Morgan fingerprint density at radius 3 is 2.41 bits per heavy atom. The van der Waals surface area contributed by atoms with Gasteiger partial charge in [-0.1, -0.05) is 6.92 Å². The quantitative estimate of drug-likeness (QED) is 0.887. The first kappa shape index (κ1) is 16.3. The van der Waals surface area contributed by atoms with Crippen molar-refractivity contribution in [2.75, 3.05) is 14.2 Å². The number of ether oxygens (including phenoxy) is 3. The van der Waals surface area contributed by atoms with Crippen molar-refractivity contribution in [1.82, 2.24) is 9.97 Å². The van der Waals surface area contributed by atoms with Gasteiger partial charge < -0.3 is 19.3 Å². The van der Waals surface area contributed by atoms with Gasteiger partial charge in [-0.05, 0) is 25.2 Å². The van der Waals surface area contributed by atoms with Gasteiger partial charge in [0.1, 0.15) is 6.10 Å². The summed E-state index contributed by atoms with van der Waals surface area (Å²) in [5.41, 5.74) is -2.46. The summed E-state index contributed by atoms with van der Waals surface area (Å²) in [6, 6.07) is 1.27. The van der Waals surface area contributed by atoms with Gasteiger partial charge in [0.2, 0.25) is 17.4 Å². The number of aliphatic carboxylic acids is 1. The molecule has 1 aliphatic carbocycles. The van der Waals surface area contributed by atoms with E-state index in [0.29, 0.717) is 6.42 Å². The Morgan fingerprint density at radius 2 is 1.91 bits per heavy atom. The zero-order valence-electron chi connectivity index (χ0n) is 12.7. The van der Waals surface area contributed by atoms with Crippen molar-refractivity contribution in [3.63, 3.8) is 0 Å². The van der Waals surface area contributed by atoms with E-state index in [4.69, 9.17) is 14.2 Å². The van der Waals surface area contributed by atoms with Crippen LogP contribution in [0.15, 0.2) is 6.07 Å². The van der Waals surface area contributed by atoms with Gasteiger partial charge in [0.15, 0.2) is 0 Å². The smallest absolute Gasteiger partial charge is 0.345 e. The molecule has 8 heteroatoms. The highest BCUT2D eigenvalue weighted by Gasteiger charge is 2.52. The number of aromatic nitrogens is 2. The number of carbonyl (C=O) groups is 1. The van der Waals surface area contributed by atoms with Crippen LogP contribution >= 0.6 is 0 Å². The van der Waals surface area contributed by atoms with Crippen molar-refractivity contribution < 1.29 is 28.5 Å². The van der Waals surface area contributed by atoms with Crippen molar-refractivity contribution in [2.45, 2.75) is 38.0 Å². The molecule has 0 bridgehead atoms. The van der Waals surface area contributed by atoms with Crippen LogP contribution in [0.3, 0.4) is 0 Å². The fraction of sp³-hybridized carbons (Fsp3) is 0.643. The molecule has 3 atom stereocenters. The van der Waals surface area contributed by atoms with Crippen LogP contribution in [-0.4, -0.2) is 47.0 Å². The molecule has 0 radical (unpaired) electrons. The monoisotopic (exact) mass is 314 g/mol. The molecule has 1 aliphatic rings. The van der Waals surface area contributed by atoms with Gasteiger partial charge in [0.25, 0.3) is 0 Å². The molecular formula is C14H19FN2O5. The van der Waals surface area contributed by atoms with E-state index < -0.39 is 17.7 Å². The molecule has 0 amide bonds. The molecule has 0 aliphatic heterocycles. The molecule has 22 heavy (non-hydrogen) atoms. The molecule has 1 aromatic heterocycles. The van der Waals surface area contributed by atoms with E-state index in [9.17, 15) is 14.3 Å². The number of hydrogen-bond acceptors (Lipinski definition) is 6. The fourth-order valence-electron chi connectivity index (χ4n) is 2.56. The molecule has 2 rings (SSSR count). The number of carboxylic acids is 1. The zero-order valence-corrected chi connectivity index (χ0v) is 12.7. The molecular weight excluding hydrogens is 295 g/mol. The van der Waals surface area contributed by atoms with Crippen LogP contribution in [0.5, 0.6) is 17.8 Å². The molecule has 0 saturated heterocycles. The van der Waals surface area contributed by atoms with Crippen molar-refractivity contribution in [2.24, 2.45) is 5.92 Å². The Labute approximate surface area is 127 Å². The van der Waals surface area contributed by atoms with Crippen LogP contribution in [0.2, 0.25) is 0 Å². The Balaban J connectivity index is 2.26. The predicted octanol–water partition coefficient (Wildman–Crippen LogP) is 1.85. The van der Waals surface area contributed by atoms with Gasteiger partial charge in [-0.3, -0.25) is 0 Å². The minimum atomic E-state index is -2.46. The third-order valence-corrected chi connectivity index (χ3v) is 3.76. The summed E-state index contributed by atoms with van der Waals surface area (Å²) in [6.45, 7) is 1.82. The van der Waals surface area contributed by atoms with Gasteiger partial charge in [0.05, 0.1) is 20.3 Å². The maximum Gasteiger partial charge on any atom is 0.345 e. The number of methoxy groups -OCH3 is 2. The molecule has 1 saturated carbocycles. The molecule has 3 unspecified atom stereocenters. The molecule has 0 aromatic carbocycles. The lowest BCUT2D eigenvalue weighted by Crippen LogP contribution is -2.52. The number of alkyl halides is 1. The van der Waals surface area contributed by atoms with Crippen molar-refractivity contribution >= 4 is 5.97 Å². The van der Waals surface area contributed by atoms with E-state index in [2.05, 4.69) is 9.97 Å². The average Bonchev–Trinajstić information content (AvgIpc) is 2.49. The van der Waals surface area contributed by atoms with Gasteiger partial charge in [0, 0.05) is 0 Å². The predicted molar refractivity (Wildman–Crippen MR) is 74.0 cm³/mol. The van der Waals surface area contributed by atoms with E-state index in [1.54, 1.807) is 0 Å². The fourth-order valence-corrected chi connectivity index (χ4v) is 2.56. The average molecular weight is 314 g/mol. The second-order valence-corrected chi connectivity index (χ2v) is 5.40. The first-order valence-electron chi connectivity index (χ1n) is 6.95. The van der Waals surface area contributed by atoms with E-state index in [1.807, 2.05) is 6.92 Å². The second kappa shape index (κ2) is 6.33. The number of nitrogens with zero attached hydrogens (tertiary/aromatic N) is 2. The number of halogens is 1. The normalized spacial score (nSPS) is 28.0. The standard InChI is InChI=1S/C14H19FN2O5/c1-8-4-5-9(14(15,7-8)12(18)19)22-13-16-10(20-2)6-11(17-13)21-3/h6,8-9H,4-5,7H2,1-3H3,(H,18,19). The van der Waals surface area contributed by atoms with Crippen LogP contribution in [0.25, 0.3) is 0 Å². The van der Waals surface area contributed by atoms with Gasteiger partial charge in [-0.25, -0.2) is 9.18 Å². The summed E-state index contributed by atoms with van der Waals surface area (Å²) < 4.78 is 30.2. The summed E-state index contributed by atoms with van der Waals surface area (Å²) in [4.78, 5) is 19.2. The van der Waals surface area contributed by atoms with Crippen LogP contribution in [0.1, 0.15) is 26.2 Å². The lowest BCUT2D eigenvalue weighted by atomic mass is 9.78. The van der Waals surface area contributed by atoms with Gasteiger partial charge in [-0.2, -0.15) is 9.97 Å². The third kappa shape index (κ3) is 3.20. The van der Waals surface area contributed by atoms with Crippen molar-refractivity contribution in [1.29, 1.82) is 0 Å². The number of rotatable bonds is 5. The second-order valence-electron chi connectivity index (χ2n) is 5.40. The maximum atomic E-state index is 14.8. The summed E-state index contributed by atoms with van der Waals surface area (Å²) in [6.07, 6.45) is -0.316. The molecule has 1 N–H and O–H groups in total. The summed E-state index contributed by atoms with van der Waals surface area (Å²) in [5, 5.41) is 9.22. The molecule has 0 spiro atoms. The van der Waals surface area contributed by atoms with Crippen LogP contribution in [-0.2, 0) is 4.79 Å². The van der Waals surface area contributed by atoms with E-state index in [-0.39, 0.29) is 36.5 Å². The number of carboxylic acid groups (broad SMARTS) is 1. The minimum Gasteiger partial charge on any atom is -0.481 e. The molecule has 1 fully saturated rings. The molecule has 7 nitrogen and oxygen atoms in total. The topological polar surface area (TPSA) is 90.8 Å².